The first-order valence-electron chi connectivity index (χ1n) is 13.4. The van der Waals surface area contributed by atoms with Crippen LogP contribution in [0.1, 0.15) is 60.5 Å². The molecule has 4 heterocycles. The maximum atomic E-state index is 12.9. The molecule has 5 rings (SSSR count). The number of thiazole rings is 2. The molecule has 1 aromatic carbocycles. The number of carbonyl (C=O) groups is 1. The van der Waals surface area contributed by atoms with Gasteiger partial charge in [-0.3, -0.25) is 0 Å². The fourth-order valence-electron chi connectivity index (χ4n) is 4.86. The van der Waals surface area contributed by atoms with Gasteiger partial charge in [-0.25, -0.2) is 14.8 Å². The highest BCUT2D eigenvalue weighted by molar-refractivity contribution is 7.22. The number of fused-ring (bicyclic) bond motifs is 1. The van der Waals surface area contributed by atoms with Crippen molar-refractivity contribution >= 4 is 60.8 Å². The van der Waals surface area contributed by atoms with Gasteiger partial charge in [-0.15, -0.1) is 21.5 Å². The Labute approximate surface area is 237 Å². The first-order chi connectivity index (χ1) is 18.8. The average molecular weight is 566 g/mol. The van der Waals surface area contributed by atoms with Crippen LogP contribution in [0.3, 0.4) is 0 Å². The Morgan fingerprint density at radius 2 is 1.95 bits per heavy atom. The minimum atomic E-state index is -0.356. The van der Waals surface area contributed by atoms with Crippen LogP contribution in [0.25, 0.3) is 10.2 Å². The third-order valence-corrected chi connectivity index (χ3v) is 9.06. The van der Waals surface area contributed by atoms with Crippen molar-refractivity contribution in [2.75, 3.05) is 43.5 Å². The summed E-state index contributed by atoms with van der Waals surface area (Å²) in [6.07, 6.45) is 2.02. The first kappa shape index (κ1) is 27.4. The van der Waals surface area contributed by atoms with Crippen molar-refractivity contribution in [1.29, 1.82) is 0 Å². The fraction of sp³-hybridized carbons (Fsp3) is 0.464. The third kappa shape index (κ3) is 6.21. The average Bonchev–Trinajstić information content (AvgIpc) is 3.54. The number of rotatable bonds is 9. The van der Waals surface area contributed by atoms with Crippen LogP contribution < -0.4 is 10.2 Å². The van der Waals surface area contributed by atoms with Crippen LogP contribution in [0, 0.1) is 12.8 Å². The van der Waals surface area contributed by atoms with Crippen molar-refractivity contribution in [3.05, 3.63) is 46.5 Å². The highest BCUT2D eigenvalue weighted by Gasteiger charge is 2.30. The Morgan fingerprint density at radius 3 is 2.64 bits per heavy atom. The van der Waals surface area contributed by atoms with Crippen molar-refractivity contribution in [3.8, 4) is 0 Å². The van der Waals surface area contributed by atoms with Gasteiger partial charge in [-0.1, -0.05) is 37.3 Å². The molecule has 0 unspecified atom stereocenters. The van der Waals surface area contributed by atoms with Gasteiger partial charge in [0.2, 0.25) is 0 Å². The summed E-state index contributed by atoms with van der Waals surface area (Å²) >= 11 is 3.14. The van der Waals surface area contributed by atoms with E-state index in [0.29, 0.717) is 40.9 Å². The largest absolute Gasteiger partial charge is 0.461 e. The fourth-order valence-corrected chi connectivity index (χ4v) is 6.92. The topological polar surface area (TPSA) is 96.4 Å². The molecular formula is C28H35N7O2S2. The maximum Gasteiger partial charge on any atom is 0.358 e. The van der Waals surface area contributed by atoms with Gasteiger partial charge < -0.3 is 19.9 Å². The molecule has 0 radical (unpaired) electrons. The summed E-state index contributed by atoms with van der Waals surface area (Å²) < 4.78 is 6.50. The second kappa shape index (κ2) is 11.9. The number of hydrogen-bond acceptors (Lipinski definition) is 11. The molecule has 0 saturated carbocycles. The molecule has 0 spiro atoms. The number of para-hydroxylation sites is 1. The maximum absolute atomic E-state index is 12.9. The Hall–Kier alpha value is -3.15. The molecule has 1 N–H and O–H groups in total. The zero-order chi connectivity index (χ0) is 27.5. The Balaban J connectivity index is 1.35. The molecule has 0 amide bonds. The van der Waals surface area contributed by atoms with Crippen LogP contribution in [0.2, 0.25) is 0 Å². The van der Waals surface area contributed by atoms with Crippen molar-refractivity contribution in [1.82, 2.24) is 25.1 Å². The molecule has 9 nitrogen and oxygen atoms in total. The molecule has 1 aliphatic rings. The molecular weight excluding hydrogens is 530 g/mol. The molecule has 1 fully saturated rings. The summed E-state index contributed by atoms with van der Waals surface area (Å²) in [5, 5.41) is 13.7. The Morgan fingerprint density at radius 1 is 1.18 bits per heavy atom. The van der Waals surface area contributed by atoms with Gasteiger partial charge in [-0.2, -0.15) is 0 Å². The zero-order valence-electron chi connectivity index (χ0n) is 23.1. The van der Waals surface area contributed by atoms with E-state index < -0.39 is 0 Å². The van der Waals surface area contributed by atoms with Crippen LogP contribution in [-0.2, 0) is 4.74 Å². The number of aromatic nitrogens is 4. The van der Waals surface area contributed by atoms with E-state index in [0.717, 1.165) is 58.3 Å². The third-order valence-electron chi connectivity index (χ3n) is 6.81. The summed E-state index contributed by atoms with van der Waals surface area (Å²) in [6.45, 7) is 11.8. The minimum Gasteiger partial charge on any atom is -0.461 e. The molecule has 0 atom stereocenters. The van der Waals surface area contributed by atoms with Crippen LogP contribution in [0.5, 0.6) is 0 Å². The zero-order valence-corrected chi connectivity index (χ0v) is 24.7. The summed E-state index contributed by atoms with van der Waals surface area (Å²) in [4.78, 5) is 27.7. The second-order valence-corrected chi connectivity index (χ2v) is 12.3. The number of esters is 1. The predicted octanol–water partition coefficient (Wildman–Crippen LogP) is 6.37. The van der Waals surface area contributed by atoms with Crippen LogP contribution in [0.4, 0.5) is 21.9 Å². The molecule has 11 heteroatoms. The first-order valence-corrected chi connectivity index (χ1v) is 15.1. The number of benzene rings is 1. The highest BCUT2D eigenvalue weighted by Crippen LogP contribution is 2.39. The molecule has 206 valence electrons. The van der Waals surface area contributed by atoms with Crippen molar-refractivity contribution in [3.63, 3.8) is 0 Å². The van der Waals surface area contributed by atoms with Gasteiger partial charge in [0, 0.05) is 18.5 Å². The van der Waals surface area contributed by atoms with E-state index in [9.17, 15) is 4.79 Å². The number of aryl methyl sites for hydroxylation is 1. The van der Waals surface area contributed by atoms with E-state index >= 15 is 0 Å². The molecule has 4 aromatic rings. The predicted molar refractivity (Wildman–Crippen MR) is 159 cm³/mol. The van der Waals surface area contributed by atoms with E-state index in [1.165, 1.54) is 0 Å². The lowest BCUT2D eigenvalue weighted by Gasteiger charge is -2.32. The lowest BCUT2D eigenvalue weighted by atomic mass is 9.93. The summed E-state index contributed by atoms with van der Waals surface area (Å²) in [6, 6.07) is 10.0. The van der Waals surface area contributed by atoms with Crippen LogP contribution in [-0.4, -0.2) is 64.3 Å². The second-order valence-electron chi connectivity index (χ2n) is 10.3. The highest BCUT2D eigenvalue weighted by atomic mass is 32.1. The minimum absolute atomic E-state index is 0.292. The quantitative estimate of drug-likeness (QED) is 0.232. The van der Waals surface area contributed by atoms with Crippen LogP contribution in [0.15, 0.2) is 30.3 Å². The Bertz CT molecular complexity index is 1410. The van der Waals surface area contributed by atoms with Crippen molar-refractivity contribution in [2.24, 2.45) is 5.92 Å². The summed E-state index contributed by atoms with van der Waals surface area (Å²) in [5.74, 6) is 1.90. The van der Waals surface area contributed by atoms with Gasteiger partial charge in [0.25, 0.3) is 0 Å². The smallest absolute Gasteiger partial charge is 0.358 e. The van der Waals surface area contributed by atoms with E-state index in [4.69, 9.17) is 9.72 Å². The number of piperidine rings is 1. The Kier molecular flexibility index (Phi) is 8.39. The van der Waals surface area contributed by atoms with Crippen molar-refractivity contribution < 1.29 is 9.53 Å². The number of anilines is 4. The molecule has 1 saturated heterocycles. The summed E-state index contributed by atoms with van der Waals surface area (Å²) in [7, 11) is 1.91. The number of ether oxygens (including phenoxy) is 1. The lowest BCUT2D eigenvalue weighted by Crippen LogP contribution is -2.35. The van der Waals surface area contributed by atoms with Gasteiger partial charge in [0.1, 0.15) is 0 Å². The van der Waals surface area contributed by atoms with E-state index in [1.54, 1.807) is 22.7 Å². The van der Waals surface area contributed by atoms with Crippen LogP contribution >= 0.6 is 22.7 Å². The number of hydrogen-bond donors (Lipinski definition) is 1. The molecule has 39 heavy (non-hydrogen) atoms. The van der Waals surface area contributed by atoms with E-state index in [-0.39, 0.29) is 5.97 Å². The number of nitrogens with one attached hydrogen (secondary N) is 1. The lowest BCUT2D eigenvalue weighted by molar-refractivity contribution is 0.0518. The van der Waals surface area contributed by atoms with E-state index in [2.05, 4.69) is 45.3 Å². The number of likely N-dealkylation sites (tertiary alicyclic amines) is 1. The standard InChI is InChI=1S/C28H35N7O2S2/c1-6-37-26(36)23-24(19-11-13-35(14-12-19)16-17(2)3)39-28(30-23)34(5)22-15-18(4)25(33-32-22)31-27-29-20-9-7-8-10-21(20)38-27/h7-10,15,17,19H,6,11-14,16H2,1-5H3,(H,29,31,33). The summed E-state index contributed by atoms with van der Waals surface area (Å²) in [5.41, 5.74) is 2.32. The number of carbonyl (C=O) groups excluding carboxylic acids is 1. The SMILES string of the molecule is CCOC(=O)c1nc(N(C)c2cc(C)c(Nc3nc4ccccc4s3)nn2)sc1C1CCN(CC(C)C)CC1. The van der Waals surface area contributed by atoms with Crippen molar-refractivity contribution in [2.45, 2.75) is 46.5 Å². The van der Waals surface area contributed by atoms with Gasteiger partial charge in [-0.05, 0) is 75.4 Å². The van der Waals surface area contributed by atoms with E-state index in [1.807, 2.05) is 50.1 Å². The number of nitrogens with zero attached hydrogens (tertiary/aromatic N) is 6. The monoisotopic (exact) mass is 565 g/mol. The van der Waals surface area contributed by atoms with Gasteiger partial charge >= 0.3 is 5.97 Å². The van der Waals surface area contributed by atoms with Gasteiger partial charge in [0.15, 0.2) is 27.6 Å². The molecule has 0 bridgehead atoms. The van der Waals surface area contributed by atoms with Gasteiger partial charge in [0.05, 0.1) is 16.8 Å². The molecule has 3 aromatic heterocycles. The molecule has 1 aliphatic heterocycles. The molecule has 0 aliphatic carbocycles. The normalized spacial score (nSPS) is 14.7.